The number of hydrogen-bond acceptors (Lipinski definition) is 3. The highest BCUT2D eigenvalue weighted by Crippen LogP contribution is 2.43. The molecule has 2 heterocycles. The van der Waals surface area contributed by atoms with Crippen LogP contribution in [0.2, 0.25) is 0 Å². The van der Waals surface area contributed by atoms with Crippen LogP contribution in [-0.4, -0.2) is 32.7 Å². The van der Waals surface area contributed by atoms with Crippen LogP contribution < -0.4 is 5.32 Å². The Bertz CT molecular complexity index is 557. The maximum Gasteiger partial charge on any atom is 0.244 e. The van der Waals surface area contributed by atoms with Gasteiger partial charge in [0.2, 0.25) is 5.91 Å². The number of amides is 1. The lowest BCUT2D eigenvalue weighted by molar-refractivity contribution is -0.133. The second-order valence-corrected chi connectivity index (χ2v) is 7.27. The van der Waals surface area contributed by atoms with Crippen LogP contribution in [0.15, 0.2) is 12.4 Å². The van der Waals surface area contributed by atoms with Gasteiger partial charge < -0.3 is 4.90 Å². The summed E-state index contributed by atoms with van der Waals surface area (Å²) in [6.45, 7) is 4.01. The monoisotopic (exact) mass is 302 g/mol. The fourth-order valence-corrected chi connectivity index (χ4v) is 4.03. The summed E-state index contributed by atoms with van der Waals surface area (Å²) >= 11 is 0. The van der Waals surface area contributed by atoms with Gasteiger partial charge in [0.05, 0.1) is 11.7 Å². The number of aromatic nitrogens is 2. The summed E-state index contributed by atoms with van der Waals surface area (Å²) in [5, 5.41) is 8.15. The smallest absolute Gasteiger partial charge is 0.244 e. The molecule has 1 aromatic rings. The molecule has 0 aromatic carbocycles. The molecule has 22 heavy (non-hydrogen) atoms. The van der Waals surface area contributed by atoms with Gasteiger partial charge in [-0.1, -0.05) is 19.8 Å². The molecule has 1 aliphatic heterocycles. The van der Waals surface area contributed by atoms with Crippen molar-refractivity contribution in [3.8, 4) is 0 Å². The average Bonchev–Trinajstić information content (AvgIpc) is 2.93. The molecule has 1 spiro atoms. The van der Waals surface area contributed by atoms with E-state index < -0.39 is 0 Å². The molecule has 120 valence electrons. The van der Waals surface area contributed by atoms with E-state index in [0.717, 1.165) is 56.7 Å². The van der Waals surface area contributed by atoms with Gasteiger partial charge in [-0.2, -0.15) is 5.10 Å². The summed E-state index contributed by atoms with van der Waals surface area (Å²) in [7, 11) is 0. The minimum Gasteiger partial charge on any atom is -0.321 e. The van der Waals surface area contributed by atoms with Gasteiger partial charge in [0, 0.05) is 24.8 Å². The zero-order chi connectivity index (χ0) is 15.2. The first kappa shape index (κ1) is 14.2. The van der Waals surface area contributed by atoms with Crippen LogP contribution in [0.5, 0.6) is 0 Å². The summed E-state index contributed by atoms with van der Waals surface area (Å²) in [5.41, 5.74) is 0.859. The third-order valence-electron chi connectivity index (χ3n) is 5.43. The number of nitrogens with one attached hydrogen (secondary N) is 1. The summed E-state index contributed by atoms with van der Waals surface area (Å²) in [4.78, 5) is 15.2. The van der Waals surface area contributed by atoms with E-state index in [4.69, 9.17) is 0 Å². The molecule has 1 saturated heterocycles. The van der Waals surface area contributed by atoms with Crippen LogP contribution in [-0.2, 0) is 11.3 Å². The molecule has 3 aliphatic rings. The van der Waals surface area contributed by atoms with Gasteiger partial charge in [-0.3, -0.25) is 14.8 Å². The predicted octanol–water partition coefficient (Wildman–Crippen LogP) is 2.45. The third-order valence-corrected chi connectivity index (χ3v) is 5.43. The zero-order valence-electron chi connectivity index (χ0n) is 13.4. The van der Waals surface area contributed by atoms with E-state index in [1.165, 1.54) is 12.8 Å². The lowest BCUT2D eigenvalue weighted by Crippen LogP contribution is -2.44. The standard InChI is InChI=1S/C17H26N4O/c1-2-9-20-12-14(10-18-20)15-19-17(7-3-4-8-17)16(22)21(15)11-13-5-6-13/h10,12-13,15,19H,2-9,11H2,1H3/t15-/m1/s1. The van der Waals surface area contributed by atoms with Crippen LogP contribution in [0.1, 0.15) is 63.6 Å². The summed E-state index contributed by atoms with van der Waals surface area (Å²) in [6, 6.07) is 0. The van der Waals surface area contributed by atoms with Gasteiger partial charge in [-0.05, 0) is 38.0 Å². The summed E-state index contributed by atoms with van der Waals surface area (Å²) in [6.07, 6.45) is 12.0. The van der Waals surface area contributed by atoms with E-state index in [1.54, 1.807) is 0 Å². The quantitative estimate of drug-likeness (QED) is 0.909. The Morgan fingerprint density at radius 3 is 2.82 bits per heavy atom. The Labute approximate surface area is 132 Å². The van der Waals surface area contributed by atoms with Crippen molar-refractivity contribution in [2.75, 3.05) is 6.54 Å². The summed E-state index contributed by atoms with van der Waals surface area (Å²) < 4.78 is 2.00. The predicted molar refractivity (Wildman–Crippen MR) is 84.0 cm³/mol. The highest BCUT2D eigenvalue weighted by atomic mass is 16.2. The SMILES string of the molecule is CCCn1cc([C@@H]2NC3(CCCC3)C(=O)N2CC2CC2)cn1. The van der Waals surface area contributed by atoms with Crippen LogP contribution in [0.4, 0.5) is 0 Å². The molecule has 5 nitrogen and oxygen atoms in total. The topological polar surface area (TPSA) is 50.2 Å². The molecule has 2 saturated carbocycles. The number of hydrogen-bond donors (Lipinski definition) is 1. The Hall–Kier alpha value is -1.36. The number of nitrogens with zero attached hydrogens (tertiary/aromatic N) is 3. The second-order valence-electron chi connectivity index (χ2n) is 7.27. The van der Waals surface area contributed by atoms with Gasteiger partial charge in [0.15, 0.2) is 0 Å². The van der Waals surface area contributed by atoms with Crippen LogP contribution in [0, 0.1) is 5.92 Å². The zero-order valence-corrected chi connectivity index (χ0v) is 13.4. The Morgan fingerprint density at radius 1 is 1.36 bits per heavy atom. The molecular weight excluding hydrogens is 276 g/mol. The minimum atomic E-state index is -0.285. The molecule has 1 atom stereocenters. The minimum absolute atomic E-state index is 0.0248. The van der Waals surface area contributed by atoms with Crippen molar-refractivity contribution in [3.63, 3.8) is 0 Å². The van der Waals surface area contributed by atoms with Gasteiger partial charge in [-0.25, -0.2) is 0 Å². The van der Waals surface area contributed by atoms with Gasteiger partial charge in [0.1, 0.15) is 6.17 Å². The second kappa shape index (κ2) is 5.37. The van der Waals surface area contributed by atoms with E-state index in [-0.39, 0.29) is 11.7 Å². The first-order chi connectivity index (χ1) is 10.7. The number of rotatable bonds is 5. The molecule has 4 rings (SSSR count). The van der Waals surface area contributed by atoms with Crippen molar-refractivity contribution in [1.29, 1.82) is 0 Å². The van der Waals surface area contributed by atoms with Crippen molar-refractivity contribution in [1.82, 2.24) is 20.0 Å². The van der Waals surface area contributed by atoms with E-state index >= 15 is 0 Å². The number of carbonyl (C=O) groups is 1. The van der Waals surface area contributed by atoms with Crippen LogP contribution in [0.3, 0.4) is 0 Å². The van der Waals surface area contributed by atoms with Gasteiger partial charge in [0.25, 0.3) is 0 Å². The normalized spacial score (nSPS) is 27.2. The van der Waals surface area contributed by atoms with Gasteiger partial charge in [-0.15, -0.1) is 0 Å². The first-order valence-corrected chi connectivity index (χ1v) is 8.83. The molecule has 0 unspecified atom stereocenters. The largest absolute Gasteiger partial charge is 0.321 e. The third kappa shape index (κ3) is 2.35. The average molecular weight is 302 g/mol. The molecule has 5 heteroatoms. The van der Waals surface area contributed by atoms with Gasteiger partial charge >= 0.3 is 0 Å². The molecule has 1 N–H and O–H groups in total. The lowest BCUT2D eigenvalue weighted by Gasteiger charge is -2.23. The molecule has 1 amide bonds. The molecule has 1 aromatic heterocycles. The molecule has 2 aliphatic carbocycles. The fourth-order valence-electron chi connectivity index (χ4n) is 4.03. The van der Waals surface area contributed by atoms with Crippen molar-refractivity contribution in [2.24, 2.45) is 5.92 Å². The highest BCUT2D eigenvalue weighted by molar-refractivity contribution is 5.89. The van der Waals surface area contributed by atoms with E-state index in [1.807, 2.05) is 10.9 Å². The van der Waals surface area contributed by atoms with E-state index in [0.29, 0.717) is 5.91 Å². The Morgan fingerprint density at radius 2 is 2.14 bits per heavy atom. The van der Waals surface area contributed by atoms with Crippen LogP contribution in [0.25, 0.3) is 0 Å². The lowest BCUT2D eigenvalue weighted by atomic mass is 9.98. The Kier molecular flexibility index (Phi) is 3.48. The van der Waals surface area contributed by atoms with Crippen LogP contribution >= 0.6 is 0 Å². The molecular formula is C17H26N4O. The van der Waals surface area contributed by atoms with Crippen molar-refractivity contribution in [2.45, 2.75) is 70.1 Å². The highest BCUT2D eigenvalue weighted by Gasteiger charge is 2.53. The molecule has 0 radical (unpaired) electrons. The number of aryl methyl sites for hydroxylation is 1. The van der Waals surface area contributed by atoms with Crippen molar-refractivity contribution >= 4 is 5.91 Å². The molecule has 0 bridgehead atoms. The van der Waals surface area contributed by atoms with E-state index in [9.17, 15) is 4.79 Å². The van der Waals surface area contributed by atoms with Crippen molar-refractivity contribution < 1.29 is 4.79 Å². The fraction of sp³-hybridized carbons (Fsp3) is 0.765. The van der Waals surface area contributed by atoms with Crippen molar-refractivity contribution in [3.05, 3.63) is 18.0 Å². The Balaban J connectivity index is 1.60. The first-order valence-electron chi connectivity index (χ1n) is 8.83. The molecule has 3 fully saturated rings. The number of carbonyl (C=O) groups excluding carboxylic acids is 1. The maximum atomic E-state index is 13.0. The summed E-state index contributed by atoms with van der Waals surface area (Å²) in [5.74, 6) is 1.06. The maximum absolute atomic E-state index is 13.0. The van der Waals surface area contributed by atoms with E-state index in [2.05, 4.69) is 28.4 Å².